The highest BCUT2D eigenvalue weighted by atomic mass is 28.4. The van der Waals surface area contributed by atoms with Gasteiger partial charge in [-0.1, -0.05) is 26.8 Å². The molecule has 6 heteroatoms. The summed E-state index contributed by atoms with van der Waals surface area (Å²) in [6.07, 6.45) is -0.148. The molecule has 0 bridgehead atoms. The fourth-order valence-electron chi connectivity index (χ4n) is 2.47. The first kappa shape index (κ1) is 18.7. The van der Waals surface area contributed by atoms with Crippen LogP contribution in [0.4, 0.5) is 0 Å². The maximum Gasteiger partial charge on any atom is 0.248 e. The predicted molar refractivity (Wildman–Crippen MR) is 101 cm³/mol. The summed E-state index contributed by atoms with van der Waals surface area (Å²) in [6.45, 7) is 11.7. The summed E-state index contributed by atoms with van der Waals surface area (Å²) in [6, 6.07) is 6.73. The van der Waals surface area contributed by atoms with Crippen LogP contribution in [0, 0.1) is 0 Å². The van der Waals surface area contributed by atoms with Gasteiger partial charge in [0, 0.05) is 18.0 Å². The van der Waals surface area contributed by atoms with E-state index < -0.39 is 8.32 Å². The molecule has 0 saturated heterocycles. The van der Waals surface area contributed by atoms with E-state index in [0.29, 0.717) is 12.1 Å². The number of aromatic hydroxyl groups is 1. The van der Waals surface area contributed by atoms with Crippen LogP contribution in [-0.4, -0.2) is 32.0 Å². The lowest BCUT2D eigenvalue weighted by Crippen LogP contribution is -2.43. The van der Waals surface area contributed by atoms with Gasteiger partial charge in [0.15, 0.2) is 8.32 Å². The van der Waals surface area contributed by atoms with Crippen LogP contribution >= 0.6 is 0 Å². The molecular formula is C18H28N2O3Si. The van der Waals surface area contributed by atoms with Crippen LogP contribution < -0.4 is 10.9 Å². The maximum atomic E-state index is 11.6. The number of phenolic OH excluding ortho intramolecular Hbond substituents is 1. The Bertz CT molecular complexity index is 778. The molecule has 2 aromatic rings. The van der Waals surface area contributed by atoms with E-state index in [-0.39, 0.29) is 22.5 Å². The van der Waals surface area contributed by atoms with Crippen molar-refractivity contribution in [2.24, 2.45) is 0 Å². The highest BCUT2D eigenvalue weighted by Crippen LogP contribution is 2.41. The standard InChI is InChI=1S/C18H28N2O3Si/c1-18(2,3)24(5,6)23-15(11-19-4)12-7-9-14(21)17-13(12)8-10-16(22)20-17/h7-10,15,19,21H,11H2,1-6H3,(H,20,22)/t15-/m0/s1. The monoisotopic (exact) mass is 348 g/mol. The Morgan fingerprint density at radius 3 is 2.50 bits per heavy atom. The number of benzene rings is 1. The van der Waals surface area contributed by atoms with Crippen LogP contribution in [0.15, 0.2) is 29.1 Å². The topological polar surface area (TPSA) is 74.3 Å². The molecule has 132 valence electrons. The van der Waals surface area contributed by atoms with Gasteiger partial charge in [0.1, 0.15) is 5.75 Å². The van der Waals surface area contributed by atoms with Crippen molar-refractivity contribution in [3.05, 3.63) is 40.2 Å². The van der Waals surface area contributed by atoms with Crippen molar-refractivity contribution in [3.8, 4) is 5.75 Å². The van der Waals surface area contributed by atoms with Gasteiger partial charge in [-0.3, -0.25) is 4.79 Å². The van der Waals surface area contributed by atoms with Crippen LogP contribution in [-0.2, 0) is 4.43 Å². The Hall–Kier alpha value is -1.63. The Morgan fingerprint density at radius 1 is 1.25 bits per heavy atom. The maximum absolute atomic E-state index is 11.6. The molecule has 1 atom stereocenters. The Morgan fingerprint density at radius 2 is 1.92 bits per heavy atom. The summed E-state index contributed by atoms with van der Waals surface area (Å²) < 4.78 is 6.61. The Kier molecular flexibility index (Phi) is 5.22. The van der Waals surface area contributed by atoms with E-state index in [2.05, 4.69) is 44.2 Å². The molecular weight excluding hydrogens is 320 g/mol. The first-order chi connectivity index (χ1) is 11.1. The molecule has 1 aromatic heterocycles. The Balaban J connectivity index is 2.55. The molecule has 1 heterocycles. The lowest BCUT2D eigenvalue weighted by molar-refractivity contribution is 0.184. The van der Waals surface area contributed by atoms with E-state index in [1.807, 2.05) is 13.1 Å². The Labute approximate surface area is 144 Å². The van der Waals surface area contributed by atoms with Crippen LogP contribution in [0.2, 0.25) is 18.1 Å². The molecule has 0 unspecified atom stereocenters. The predicted octanol–water partition coefficient (Wildman–Crippen LogP) is 3.52. The molecule has 0 saturated carbocycles. The minimum absolute atomic E-state index is 0.0713. The van der Waals surface area contributed by atoms with Crippen molar-refractivity contribution in [2.45, 2.75) is 45.0 Å². The van der Waals surface area contributed by atoms with E-state index in [9.17, 15) is 9.90 Å². The number of phenols is 1. The lowest BCUT2D eigenvalue weighted by Gasteiger charge is -2.39. The number of nitrogens with one attached hydrogen (secondary N) is 2. The van der Waals surface area contributed by atoms with Crippen LogP contribution in [0.1, 0.15) is 32.4 Å². The van der Waals surface area contributed by atoms with E-state index >= 15 is 0 Å². The summed E-state index contributed by atoms with van der Waals surface area (Å²) in [5.41, 5.74) is 1.20. The molecule has 0 amide bonds. The molecule has 0 aliphatic rings. The van der Waals surface area contributed by atoms with Crippen LogP contribution in [0.25, 0.3) is 10.9 Å². The fraction of sp³-hybridized carbons (Fsp3) is 0.500. The van der Waals surface area contributed by atoms with Crippen LogP contribution in [0.3, 0.4) is 0 Å². The molecule has 0 spiro atoms. The molecule has 0 aliphatic carbocycles. The third-order valence-electron chi connectivity index (χ3n) is 4.89. The summed E-state index contributed by atoms with van der Waals surface area (Å²) >= 11 is 0. The van der Waals surface area contributed by atoms with Crippen molar-refractivity contribution in [1.82, 2.24) is 10.3 Å². The molecule has 0 aliphatic heterocycles. The molecule has 1 aromatic carbocycles. The quantitative estimate of drug-likeness (QED) is 0.723. The second kappa shape index (κ2) is 6.70. The van der Waals surface area contributed by atoms with Gasteiger partial charge in [-0.25, -0.2) is 0 Å². The van der Waals surface area contributed by atoms with Gasteiger partial charge in [-0.2, -0.15) is 0 Å². The first-order valence-corrected chi connectivity index (χ1v) is 11.1. The average molecular weight is 349 g/mol. The second-order valence-corrected chi connectivity index (χ2v) is 12.5. The number of hydrogen-bond donors (Lipinski definition) is 3. The molecule has 3 N–H and O–H groups in total. The van der Waals surface area contributed by atoms with Crippen molar-refractivity contribution in [1.29, 1.82) is 0 Å². The van der Waals surface area contributed by atoms with Crippen molar-refractivity contribution in [3.63, 3.8) is 0 Å². The molecule has 5 nitrogen and oxygen atoms in total. The average Bonchev–Trinajstić information content (AvgIpc) is 2.46. The number of aromatic nitrogens is 1. The molecule has 0 fully saturated rings. The number of pyridine rings is 1. The summed E-state index contributed by atoms with van der Waals surface area (Å²) in [5, 5.41) is 14.2. The number of H-pyrrole nitrogens is 1. The SMILES string of the molecule is CNC[C@H](O[Si](C)(C)C(C)(C)C)c1ccc(O)c2[nH]c(=O)ccc12. The van der Waals surface area contributed by atoms with E-state index in [1.54, 1.807) is 12.1 Å². The molecule has 0 radical (unpaired) electrons. The minimum atomic E-state index is -1.97. The van der Waals surface area contributed by atoms with Gasteiger partial charge in [-0.15, -0.1) is 0 Å². The van der Waals surface area contributed by atoms with Gasteiger partial charge < -0.3 is 19.8 Å². The van der Waals surface area contributed by atoms with Gasteiger partial charge in [0.2, 0.25) is 5.56 Å². The highest BCUT2D eigenvalue weighted by molar-refractivity contribution is 6.74. The normalized spacial score (nSPS) is 14.1. The number of hydrogen-bond acceptors (Lipinski definition) is 4. The number of aromatic amines is 1. The lowest BCUT2D eigenvalue weighted by atomic mass is 10.0. The fourth-order valence-corrected chi connectivity index (χ4v) is 3.75. The highest BCUT2D eigenvalue weighted by Gasteiger charge is 2.39. The van der Waals surface area contributed by atoms with E-state index in [1.165, 1.54) is 6.07 Å². The third-order valence-corrected chi connectivity index (χ3v) is 9.37. The third kappa shape index (κ3) is 3.71. The smallest absolute Gasteiger partial charge is 0.248 e. The number of fused-ring (bicyclic) bond motifs is 1. The summed E-state index contributed by atoms with van der Waals surface area (Å²) in [4.78, 5) is 14.3. The van der Waals surface area contributed by atoms with E-state index in [4.69, 9.17) is 4.43 Å². The zero-order valence-electron chi connectivity index (χ0n) is 15.4. The second-order valence-electron chi connectivity index (χ2n) is 7.71. The summed E-state index contributed by atoms with van der Waals surface area (Å²) in [7, 11) is -0.0790. The van der Waals surface area contributed by atoms with E-state index in [0.717, 1.165) is 10.9 Å². The number of likely N-dealkylation sites (N-methyl/N-ethyl adjacent to an activating group) is 1. The van der Waals surface area contributed by atoms with Crippen molar-refractivity contribution >= 4 is 19.2 Å². The van der Waals surface area contributed by atoms with Crippen molar-refractivity contribution < 1.29 is 9.53 Å². The minimum Gasteiger partial charge on any atom is -0.506 e. The zero-order valence-corrected chi connectivity index (χ0v) is 16.4. The largest absolute Gasteiger partial charge is 0.506 e. The molecule has 24 heavy (non-hydrogen) atoms. The summed E-state index contributed by atoms with van der Waals surface area (Å²) in [5.74, 6) is 0.0713. The van der Waals surface area contributed by atoms with Gasteiger partial charge in [0.25, 0.3) is 0 Å². The number of rotatable bonds is 5. The van der Waals surface area contributed by atoms with Gasteiger partial charge in [0.05, 0.1) is 11.6 Å². The first-order valence-electron chi connectivity index (χ1n) is 8.24. The van der Waals surface area contributed by atoms with Crippen LogP contribution in [0.5, 0.6) is 5.75 Å². The van der Waals surface area contributed by atoms with Crippen molar-refractivity contribution in [2.75, 3.05) is 13.6 Å². The molecule has 2 rings (SSSR count). The van der Waals surface area contributed by atoms with Gasteiger partial charge in [-0.05, 0) is 42.9 Å². The zero-order chi connectivity index (χ0) is 18.1. The van der Waals surface area contributed by atoms with Gasteiger partial charge >= 0.3 is 0 Å².